The van der Waals surface area contributed by atoms with Gasteiger partial charge in [-0.25, -0.2) is 9.88 Å². The monoisotopic (exact) mass is 444 g/mol. The van der Waals surface area contributed by atoms with Crippen LogP contribution in [0.15, 0.2) is 84.7 Å². The molecular formula is C25H21ClN4O2. The van der Waals surface area contributed by atoms with Crippen molar-refractivity contribution < 1.29 is 9.59 Å². The van der Waals surface area contributed by atoms with Crippen LogP contribution in [0.3, 0.4) is 0 Å². The van der Waals surface area contributed by atoms with Crippen LogP contribution in [-0.4, -0.2) is 47.9 Å². The fourth-order valence-corrected chi connectivity index (χ4v) is 4.41. The molecule has 2 amide bonds. The highest BCUT2D eigenvalue weighted by atomic mass is 35.5. The van der Waals surface area contributed by atoms with Crippen molar-refractivity contribution in [2.24, 2.45) is 0 Å². The van der Waals surface area contributed by atoms with Crippen LogP contribution in [0.1, 0.15) is 5.56 Å². The van der Waals surface area contributed by atoms with Gasteiger partial charge in [0.1, 0.15) is 11.5 Å². The number of carbonyl (C=O) groups is 2. The molecule has 2 aliphatic rings. The average Bonchev–Trinajstić information content (AvgIpc) is 3.10. The Balaban J connectivity index is 1.50. The topological polar surface area (TPSA) is 56.8 Å². The first-order valence-electron chi connectivity index (χ1n) is 10.5. The van der Waals surface area contributed by atoms with Crippen molar-refractivity contribution in [1.29, 1.82) is 0 Å². The Hall–Kier alpha value is -3.64. The Morgan fingerprint density at radius 3 is 2.16 bits per heavy atom. The summed E-state index contributed by atoms with van der Waals surface area (Å²) in [5.41, 5.74) is 2.09. The van der Waals surface area contributed by atoms with Gasteiger partial charge in [0.05, 0.1) is 11.3 Å². The smallest absolute Gasteiger partial charge is 0.282 e. The molecule has 0 atom stereocenters. The quantitative estimate of drug-likeness (QED) is 0.572. The molecule has 1 aromatic heterocycles. The van der Waals surface area contributed by atoms with E-state index >= 15 is 0 Å². The van der Waals surface area contributed by atoms with Crippen molar-refractivity contribution in [3.05, 3.63) is 95.3 Å². The van der Waals surface area contributed by atoms with Gasteiger partial charge in [-0.1, -0.05) is 54.1 Å². The number of imide groups is 1. The van der Waals surface area contributed by atoms with Crippen LogP contribution in [0.2, 0.25) is 5.02 Å². The van der Waals surface area contributed by atoms with Crippen molar-refractivity contribution in [2.45, 2.75) is 0 Å². The fourth-order valence-electron chi connectivity index (χ4n) is 4.23. The molecule has 6 nitrogen and oxygen atoms in total. The molecule has 0 aliphatic carbocycles. The van der Waals surface area contributed by atoms with Crippen LogP contribution in [0.5, 0.6) is 0 Å². The lowest BCUT2D eigenvalue weighted by Crippen LogP contribution is -2.48. The van der Waals surface area contributed by atoms with E-state index < -0.39 is 0 Å². The van der Waals surface area contributed by atoms with Crippen LogP contribution in [0.4, 0.5) is 11.5 Å². The summed E-state index contributed by atoms with van der Waals surface area (Å²) in [6.07, 6.45) is 1.78. The molecule has 160 valence electrons. The number of anilines is 2. The second kappa shape index (κ2) is 8.48. The Bertz CT molecular complexity index is 1190. The van der Waals surface area contributed by atoms with Crippen molar-refractivity contribution in [1.82, 2.24) is 9.88 Å². The minimum atomic E-state index is -0.328. The summed E-state index contributed by atoms with van der Waals surface area (Å²) in [7, 11) is 0. The number of piperazine rings is 1. The first-order valence-corrected chi connectivity index (χ1v) is 10.9. The molecule has 5 rings (SSSR count). The second-order valence-corrected chi connectivity index (χ2v) is 8.11. The molecule has 0 bridgehead atoms. The summed E-state index contributed by atoms with van der Waals surface area (Å²) >= 11 is 6.15. The van der Waals surface area contributed by atoms with E-state index in [4.69, 9.17) is 11.6 Å². The van der Waals surface area contributed by atoms with Gasteiger partial charge in [-0.3, -0.25) is 9.59 Å². The standard InChI is InChI=1S/C25H21ClN4O2/c26-19-9-6-10-20(17-19)30-24(31)22(18-7-2-1-3-8-18)23(25(30)32)29-15-13-28(14-16-29)21-11-4-5-12-27-21/h1-12,17H,13-16H2. The minimum Gasteiger partial charge on any atom is -0.363 e. The first-order chi connectivity index (χ1) is 15.6. The molecule has 7 heteroatoms. The zero-order valence-corrected chi connectivity index (χ0v) is 18.1. The number of carbonyl (C=O) groups excluding carboxylic acids is 2. The van der Waals surface area contributed by atoms with Crippen molar-refractivity contribution in [3.63, 3.8) is 0 Å². The molecule has 1 fully saturated rings. The van der Waals surface area contributed by atoms with Gasteiger partial charge < -0.3 is 9.80 Å². The number of pyridine rings is 1. The van der Waals surface area contributed by atoms with Crippen LogP contribution < -0.4 is 9.80 Å². The molecule has 0 unspecified atom stereocenters. The van der Waals surface area contributed by atoms with E-state index in [9.17, 15) is 9.59 Å². The Labute approximate surface area is 191 Å². The third kappa shape index (κ3) is 3.63. The van der Waals surface area contributed by atoms with E-state index in [1.54, 1.807) is 30.5 Å². The number of hydrogen-bond acceptors (Lipinski definition) is 5. The molecule has 2 aliphatic heterocycles. The highest BCUT2D eigenvalue weighted by molar-refractivity contribution is 6.45. The number of aromatic nitrogens is 1. The summed E-state index contributed by atoms with van der Waals surface area (Å²) < 4.78 is 0. The number of halogens is 1. The third-order valence-electron chi connectivity index (χ3n) is 5.76. The van der Waals surface area contributed by atoms with E-state index in [0.29, 0.717) is 48.2 Å². The van der Waals surface area contributed by atoms with Crippen LogP contribution in [0.25, 0.3) is 5.57 Å². The maximum Gasteiger partial charge on any atom is 0.282 e. The van der Waals surface area contributed by atoms with Crippen LogP contribution in [-0.2, 0) is 9.59 Å². The summed E-state index contributed by atoms with van der Waals surface area (Å²) in [5, 5.41) is 0.474. The molecule has 0 spiro atoms. The third-order valence-corrected chi connectivity index (χ3v) is 5.99. The zero-order valence-electron chi connectivity index (χ0n) is 17.3. The molecule has 3 heterocycles. The van der Waals surface area contributed by atoms with Gasteiger partial charge in [-0.05, 0) is 35.9 Å². The van der Waals surface area contributed by atoms with Gasteiger partial charge >= 0.3 is 0 Å². The predicted octanol–water partition coefficient (Wildman–Crippen LogP) is 3.84. The van der Waals surface area contributed by atoms with Gasteiger partial charge in [-0.2, -0.15) is 0 Å². The van der Waals surface area contributed by atoms with E-state index in [0.717, 1.165) is 11.4 Å². The number of hydrogen-bond donors (Lipinski definition) is 0. The Morgan fingerprint density at radius 2 is 1.47 bits per heavy atom. The first kappa shape index (κ1) is 20.3. The molecule has 0 N–H and O–H groups in total. The molecule has 1 saturated heterocycles. The SMILES string of the molecule is O=C1C(c2ccccc2)=C(N2CCN(c3ccccn3)CC2)C(=O)N1c1cccc(Cl)c1. The largest absolute Gasteiger partial charge is 0.363 e. The van der Waals surface area contributed by atoms with Crippen LogP contribution in [0, 0.1) is 0 Å². The highest BCUT2D eigenvalue weighted by Crippen LogP contribution is 2.36. The van der Waals surface area contributed by atoms with Gasteiger partial charge in [0.2, 0.25) is 0 Å². The summed E-state index contributed by atoms with van der Waals surface area (Å²) in [6, 6.07) is 22.0. The number of benzene rings is 2. The summed E-state index contributed by atoms with van der Waals surface area (Å²) in [4.78, 5) is 37.0. The summed E-state index contributed by atoms with van der Waals surface area (Å²) in [5.74, 6) is 0.270. The van der Waals surface area contributed by atoms with Gasteiger partial charge in [0.15, 0.2) is 0 Å². The van der Waals surface area contributed by atoms with Gasteiger partial charge in [-0.15, -0.1) is 0 Å². The Morgan fingerprint density at radius 1 is 0.750 bits per heavy atom. The number of rotatable bonds is 4. The normalized spacial score (nSPS) is 16.8. The summed E-state index contributed by atoms with van der Waals surface area (Å²) in [6.45, 7) is 2.65. The predicted molar refractivity (Wildman–Crippen MR) is 125 cm³/mol. The minimum absolute atomic E-state index is 0.317. The highest BCUT2D eigenvalue weighted by Gasteiger charge is 2.43. The van der Waals surface area contributed by atoms with E-state index in [-0.39, 0.29) is 11.8 Å². The molecule has 0 saturated carbocycles. The zero-order chi connectivity index (χ0) is 22.1. The lowest BCUT2D eigenvalue weighted by molar-refractivity contribution is -0.120. The molecule has 32 heavy (non-hydrogen) atoms. The lowest BCUT2D eigenvalue weighted by Gasteiger charge is -2.37. The van der Waals surface area contributed by atoms with E-state index in [1.165, 1.54) is 4.90 Å². The maximum atomic E-state index is 13.6. The van der Waals surface area contributed by atoms with Crippen LogP contribution >= 0.6 is 11.6 Å². The van der Waals surface area contributed by atoms with Crippen molar-refractivity contribution >= 4 is 40.5 Å². The maximum absolute atomic E-state index is 13.6. The average molecular weight is 445 g/mol. The molecule has 3 aromatic rings. The fraction of sp³-hybridized carbons (Fsp3) is 0.160. The van der Waals surface area contributed by atoms with E-state index in [2.05, 4.69) is 9.88 Å². The van der Waals surface area contributed by atoms with Crippen molar-refractivity contribution in [2.75, 3.05) is 36.0 Å². The Kier molecular flexibility index (Phi) is 5.37. The van der Waals surface area contributed by atoms with Gasteiger partial charge in [0.25, 0.3) is 11.8 Å². The van der Waals surface area contributed by atoms with E-state index in [1.807, 2.05) is 53.4 Å². The second-order valence-electron chi connectivity index (χ2n) is 7.68. The van der Waals surface area contributed by atoms with Crippen molar-refractivity contribution in [3.8, 4) is 0 Å². The van der Waals surface area contributed by atoms with Gasteiger partial charge in [0, 0.05) is 37.4 Å². The molecular weight excluding hydrogens is 424 g/mol. The molecule has 2 aromatic carbocycles. The molecule has 0 radical (unpaired) electrons. The number of amides is 2. The number of nitrogens with zero attached hydrogens (tertiary/aromatic N) is 4. The lowest BCUT2D eigenvalue weighted by atomic mass is 10.0.